The van der Waals surface area contributed by atoms with E-state index in [0.717, 1.165) is 25.9 Å². The molecule has 0 amide bonds. The van der Waals surface area contributed by atoms with Crippen LogP contribution < -0.4 is 11.5 Å². The highest BCUT2D eigenvalue weighted by molar-refractivity contribution is 5.87. The average molecular weight is 156 g/mol. The molecule has 5 N–H and O–H groups in total. The largest absolute Gasteiger partial charge is 0.386 e. The van der Waals surface area contributed by atoms with E-state index in [1.807, 2.05) is 0 Å². The molecule has 1 rings (SSSR count). The molecule has 0 unspecified atom stereocenters. The van der Waals surface area contributed by atoms with Crippen LogP contribution in [0.4, 0.5) is 0 Å². The van der Waals surface area contributed by atoms with Crippen LogP contribution in [-0.4, -0.2) is 36.4 Å². The molecule has 0 radical (unpaired) electrons. The van der Waals surface area contributed by atoms with Crippen molar-refractivity contribution in [3.63, 3.8) is 0 Å². The van der Waals surface area contributed by atoms with Crippen molar-refractivity contribution < 1.29 is 0 Å². The molecule has 0 atom stereocenters. The van der Waals surface area contributed by atoms with Crippen molar-refractivity contribution in [2.45, 2.75) is 18.4 Å². The summed E-state index contributed by atoms with van der Waals surface area (Å²) in [5.41, 5.74) is 10.8. The number of hydrogen-bond acceptors (Lipinski definition) is 3. The number of nitrogens with zero attached hydrogens (tertiary/aromatic N) is 1. The quantitative estimate of drug-likeness (QED) is 0.348. The normalized spacial score (nSPS) is 24.9. The Bertz CT molecular complexity index is 158. The second-order valence-electron chi connectivity index (χ2n) is 3.37. The SMILES string of the molecule is CN1CCC(N)(C(=N)N)CC1. The Morgan fingerprint density at radius 2 is 1.91 bits per heavy atom. The minimum Gasteiger partial charge on any atom is -0.386 e. The molecule has 0 aromatic rings. The van der Waals surface area contributed by atoms with E-state index in [1.165, 1.54) is 0 Å². The van der Waals surface area contributed by atoms with Gasteiger partial charge in [-0.3, -0.25) is 5.41 Å². The van der Waals surface area contributed by atoms with Crippen LogP contribution >= 0.6 is 0 Å². The third-order valence-corrected chi connectivity index (χ3v) is 2.42. The zero-order valence-corrected chi connectivity index (χ0v) is 6.93. The maximum absolute atomic E-state index is 7.29. The van der Waals surface area contributed by atoms with Crippen molar-refractivity contribution in [3.8, 4) is 0 Å². The van der Waals surface area contributed by atoms with Gasteiger partial charge in [0.05, 0.1) is 5.54 Å². The van der Waals surface area contributed by atoms with Gasteiger partial charge in [-0.25, -0.2) is 0 Å². The summed E-state index contributed by atoms with van der Waals surface area (Å²) in [6, 6.07) is 0. The lowest BCUT2D eigenvalue weighted by molar-refractivity contribution is 0.229. The molecule has 1 saturated heterocycles. The van der Waals surface area contributed by atoms with Crippen LogP contribution in [0.3, 0.4) is 0 Å². The van der Waals surface area contributed by atoms with Gasteiger partial charge in [0.1, 0.15) is 5.84 Å². The second-order valence-corrected chi connectivity index (χ2v) is 3.37. The number of likely N-dealkylation sites (tertiary alicyclic amines) is 1. The molecule has 4 nitrogen and oxygen atoms in total. The molecule has 1 aliphatic heterocycles. The summed E-state index contributed by atoms with van der Waals surface area (Å²) in [4.78, 5) is 2.20. The molecule has 11 heavy (non-hydrogen) atoms. The molecule has 0 aromatic heterocycles. The van der Waals surface area contributed by atoms with Crippen LogP contribution in [0.25, 0.3) is 0 Å². The molecule has 0 spiro atoms. The van der Waals surface area contributed by atoms with Crippen molar-refractivity contribution in [1.29, 1.82) is 5.41 Å². The number of nitrogens with two attached hydrogens (primary N) is 2. The number of hydrogen-bond donors (Lipinski definition) is 3. The highest BCUT2D eigenvalue weighted by Gasteiger charge is 2.32. The van der Waals surface area contributed by atoms with Crippen LogP contribution in [-0.2, 0) is 0 Å². The van der Waals surface area contributed by atoms with Crippen molar-refractivity contribution in [2.75, 3.05) is 20.1 Å². The molecule has 1 aliphatic rings. The molecule has 1 fully saturated rings. The predicted octanol–water partition coefficient (Wildman–Crippen LogP) is -0.655. The first-order valence-electron chi connectivity index (χ1n) is 3.86. The fraction of sp³-hybridized carbons (Fsp3) is 0.857. The molecule has 0 aromatic carbocycles. The van der Waals surface area contributed by atoms with E-state index >= 15 is 0 Å². The Morgan fingerprint density at radius 3 is 2.27 bits per heavy atom. The summed E-state index contributed by atoms with van der Waals surface area (Å²) in [6.07, 6.45) is 1.61. The van der Waals surface area contributed by atoms with Crippen LogP contribution in [0, 0.1) is 5.41 Å². The first-order chi connectivity index (χ1) is 5.04. The van der Waals surface area contributed by atoms with Gasteiger partial charge in [0.25, 0.3) is 0 Å². The summed E-state index contributed by atoms with van der Waals surface area (Å²) in [7, 11) is 2.06. The van der Waals surface area contributed by atoms with E-state index in [0.29, 0.717) is 0 Å². The number of nitrogens with one attached hydrogen (secondary N) is 1. The second kappa shape index (κ2) is 2.79. The third-order valence-electron chi connectivity index (χ3n) is 2.42. The summed E-state index contributed by atoms with van der Waals surface area (Å²) in [5, 5.41) is 7.29. The van der Waals surface area contributed by atoms with Gasteiger partial charge in [-0.05, 0) is 19.9 Å². The lowest BCUT2D eigenvalue weighted by Crippen LogP contribution is -2.57. The fourth-order valence-corrected chi connectivity index (χ4v) is 1.29. The van der Waals surface area contributed by atoms with Crippen molar-refractivity contribution >= 4 is 5.84 Å². The van der Waals surface area contributed by atoms with E-state index in [4.69, 9.17) is 16.9 Å². The average Bonchev–Trinajstić information content (AvgIpc) is 1.95. The van der Waals surface area contributed by atoms with Gasteiger partial charge in [-0.2, -0.15) is 0 Å². The Labute approximate surface area is 67.0 Å². The Balaban J connectivity index is 2.55. The maximum atomic E-state index is 7.29. The summed E-state index contributed by atoms with van der Waals surface area (Å²) in [5.74, 6) is 0.130. The topological polar surface area (TPSA) is 79.1 Å². The first kappa shape index (κ1) is 8.49. The molecule has 4 heteroatoms. The molecule has 1 heterocycles. The molecule has 0 saturated carbocycles. The summed E-state index contributed by atoms with van der Waals surface area (Å²) in [6.45, 7) is 1.88. The minimum atomic E-state index is -0.521. The lowest BCUT2D eigenvalue weighted by Gasteiger charge is -2.36. The standard InChI is InChI=1S/C7H16N4/c1-11-4-2-7(10,3-5-11)6(8)9/h2-5,10H2,1H3,(H3,8,9). The molecule has 64 valence electrons. The van der Waals surface area contributed by atoms with E-state index in [9.17, 15) is 0 Å². The number of rotatable bonds is 1. The first-order valence-corrected chi connectivity index (χ1v) is 3.86. The monoisotopic (exact) mass is 156 g/mol. The Hall–Kier alpha value is -0.610. The summed E-state index contributed by atoms with van der Waals surface area (Å²) < 4.78 is 0. The highest BCUT2D eigenvalue weighted by Crippen LogP contribution is 2.17. The van der Waals surface area contributed by atoms with Gasteiger partial charge in [-0.1, -0.05) is 0 Å². The van der Waals surface area contributed by atoms with E-state index < -0.39 is 5.54 Å². The molecule has 0 bridgehead atoms. The van der Waals surface area contributed by atoms with E-state index in [1.54, 1.807) is 0 Å². The zero-order chi connectivity index (χ0) is 8.48. The van der Waals surface area contributed by atoms with Crippen LogP contribution in [0.15, 0.2) is 0 Å². The highest BCUT2D eigenvalue weighted by atomic mass is 15.1. The maximum Gasteiger partial charge on any atom is 0.111 e. The van der Waals surface area contributed by atoms with Gasteiger partial charge in [-0.15, -0.1) is 0 Å². The number of amidine groups is 1. The van der Waals surface area contributed by atoms with E-state index in [2.05, 4.69) is 11.9 Å². The Morgan fingerprint density at radius 1 is 1.45 bits per heavy atom. The van der Waals surface area contributed by atoms with Gasteiger partial charge in [0, 0.05) is 13.1 Å². The van der Waals surface area contributed by atoms with Gasteiger partial charge >= 0.3 is 0 Å². The minimum absolute atomic E-state index is 0.130. The Kier molecular flexibility index (Phi) is 2.15. The lowest BCUT2D eigenvalue weighted by atomic mass is 9.88. The van der Waals surface area contributed by atoms with Crippen molar-refractivity contribution in [2.24, 2.45) is 11.5 Å². The predicted molar refractivity (Wildman–Crippen MR) is 45.6 cm³/mol. The molecular weight excluding hydrogens is 140 g/mol. The summed E-state index contributed by atoms with van der Waals surface area (Å²) >= 11 is 0. The van der Waals surface area contributed by atoms with Crippen molar-refractivity contribution in [1.82, 2.24) is 4.90 Å². The smallest absolute Gasteiger partial charge is 0.111 e. The molecular formula is C7H16N4. The van der Waals surface area contributed by atoms with E-state index in [-0.39, 0.29) is 5.84 Å². The van der Waals surface area contributed by atoms with Crippen molar-refractivity contribution in [3.05, 3.63) is 0 Å². The van der Waals surface area contributed by atoms with Gasteiger partial charge in [0.15, 0.2) is 0 Å². The third kappa shape index (κ3) is 1.70. The van der Waals surface area contributed by atoms with Crippen LogP contribution in [0.2, 0.25) is 0 Å². The molecule has 0 aliphatic carbocycles. The number of piperidine rings is 1. The van der Waals surface area contributed by atoms with Gasteiger partial charge in [0.2, 0.25) is 0 Å². The fourth-order valence-electron chi connectivity index (χ4n) is 1.29. The zero-order valence-electron chi connectivity index (χ0n) is 6.93. The van der Waals surface area contributed by atoms with Crippen LogP contribution in [0.1, 0.15) is 12.8 Å². The van der Waals surface area contributed by atoms with Gasteiger partial charge < -0.3 is 16.4 Å². The van der Waals surface area contributed by atoms with Crippen LogP contribution in [0.5, 0.6) is 0 Å².